The van der Waals surface area contributed by atoms with Crippen LogP contribution in [0.4, 0.5) is 10.1 Å². The standard InChI is InChI=1S/C17H19FN2O4/c18-13-1-3-14(4-2-13)20-10-12(9-15(20)21)16(22)19-7-5-11(6-8-19)17(23)24/h1-4,11-12H,5-10H2,(H,23,24). The Balaban J connectivity index is 1.62. The zero-order chi connectivity index (χ0) is 17.3. The lowest BCUT2D eigenvalue weighted by molar-refractivity contribution is -0.146. The minimum absolute atomic E-state index is 0.100. The number of hydrogen-bond acceptors (Lipinski definition) is 3. The smallest absolute Gasteiger partial charge is 0.306 e. The molecule has 1 unspecified atom stereocenters. The van der Waals surface area contributed by atoms with Crippen molar-refractivity contribution >= 4 is 23.5 Å². The Morgan fingerprint density at radius 3 is 2.29 bits per heavy atom. The minimum atomic E-state index is -0.819. The van der Waals surface area contributed by atoms with Crippen molar-refractivity contribution in [3.63, 3.8) is 0 Å². The van der Waals surface area contributed by atoms with E-state index in [1.807, 2.05) is 0 Å². The summed E-state index contributed by atoms with van der Waals surface area (Å²) >= 11 is 0. The van der Waals surface area contributed by atoms with Crippen molar-refractivity contribution < 1.29 is 23.9 Å². The fourth-order valence-corrected chi connectivity index (χ4v) is 3.35. The van der Waals surface area contributed by atoms with E-state index in [0.29, 0.717) is 31.6 Å². The van der Waals surface area contributed by atoms with Crippen molar-refractivity contribution in [2.75, 3.05) is 24.5 Å². The zero-order valence-corrected chi connectivity index (χ0v) is 13.2. The molecule has 0 spiro atoms. The van der Waals surface area contributed by atoms with Gasteiger partial charge in [0.25, 0.3) is 0 Å². The second-order valence-electron chi connectivity index (χ2n) is 6.32. The Labute approximate surface area is 138 Å². The molecule has 0 radical (unpaired) electrons. The van der Waals surface area contributed by atoms with Gasteiger partial charge in [-0.2, -0.15) is 0 Å². The van der Waals surface area contributed by atoms with Crippen LogP contribution in [0.1, 0.15) is 19.3 Å². The highest BCUT2D eigenvalue weighted by molar-refractivity contribution is 6.00. The second kappa shape index (κ2) is 6.59. The van der Waals surface area contributed by atoms with Gasteiger partial charge in [-0.05, 0) is 37.1 Å². The van der Waals surface area contributed by atoms with Gasteiger partial charge in [-0.15, -0.1) is 0 Å². The third-order valence-electron chi connectivity index (χ3n) is 4.77. The summed E-state index contributed by atoms with van der Waals surface area (Å²) in [7, 11) is 0. The average Bonchev–Trinajstić information content (AvgIpc) is 2.97. The van der Waals surface area contributed by atoms with E-state index in [-0.39, 0.29) is 30.6 Å². The molecule has 0 aromatic heterocycles. The number of aliphatic carboxylic acids is 1. The van der Waals surface area contributed by atoms with E-state index in [9.17, 15) is 18.8 Å². The average molecular weight is 334 g/mol. The molecule has 0 saturated carbocycles. The van der Waals surface area contributed by atoms with E-state index < -0.39 is 17.8 Å². The van der Waals surface area contributed by atoms with Gasteiger partial charge in [-0.3, -0.25) is 14.4 Å². The van der Waals surface area contributed by atoms with Crippen LogP contribution in [-0.2, 0) is 14.4 Å². The van der Waals surface area contributed by atoms with Crippen LogP contribution < -0.4 is 4.90 Å². The molecule has 2 aliphatic rings. The lowest BCUT2D eigenvalue weighted by atomic mass is 9.95. The minimum Gasteiger partial charge on any atom is -0.481 e. The van der Waals surface area contributed by atoms with E-state index in [2.05, 4.69) is 0 Å². The van der Waals surface area contributed by atoms with Crippen molar-refractivity contribution in [1.82, 2.24) is 4.90 Å². The third kappa shape index (κ3) is 3.25. The summed E-state index contributed by atoms with van der Waals surface area (Å²) in [4.78, 5) is 38.9. The molecule has 0 bridgehead atoms. The number of benzene rings is 1. The molecule has 2 aliphatic heterocycles. The van der Waals surface area contributed by atoms with Crippen molar-refractivity contribution in [3.05, 3.63) is 30.1 Å². The number of carbonyl (C=O) groups excluding carboxylic acids is 2. The molecule has 2 saturated heterocycles. The van der Waals surface area contributed by atoms with Crippen molar-refractivity contribution in [3.8, 4) is 0 Å². The fourth-order valence-electron chi connectivity index (χ4n) is 3.35. The maximum Gasteiger partial charge on any atom is 0.306 e. The summed E-state index contributed by atoms with van der Waals surface area (Å²) in [6.07, 6.45) is 1.03. The number of carbonyl (C=O) groups is 3. The number of anilines is 1. The van der Waals surface area contributed by atoms with Crippen LogP contribution >= 0.6 is 0 Å². The number of hydrogen-bond donors (Lipinski definition) is 1. The molecule has 3 rings (SSSR count). The van der Waals surface area contributed by atoms with Gasteiger partial charge in [0.05, 0.1) is 11.8 Å². The number of likely N-dealkylation sites (tertiary alicyclic amines) is 1. The number of amides is 2. The number of carboxylic acid groups (broad SMARTS) is 1. The number of carboxylic acids is 1. The lowest BCUT2D eigenvalue weighted by Gasteiger charge is -2.31. The summed E-state index contributed by atoms with van der Waals surface area (Å²) in [5.41, 5.74) is 0.585. The number of nitrogens with zero attached hydrogens (tertiary/aromatic N) is 2. The molecular formula is C17H19FN2O4. The highest BCUT2D eigenvalue weighted by Crippen LogP contribution is 2.28. The molecule has 2 heterocycles. The van der Waals surface area contributed by atoms with Crippen LogP contribution in [0.2, 0.25) is 0 Å². The van der Waals surface area contributed by atoms with Crippen molar-refractivity contribution in [2.24, 2.45) is 11.8 Å². The Kier molecular flexibility index (Phi) is 4.51. The molecular weight excluding hydrogens is 315 g/mol. The van der Waals surface area contributed by atoms with Crippen molar-refractivity contribution in [2.45, 2.75) is 19.3 Å². The molecule has 7 heteroatoms. The van der Waals surface area contributed by atoms with Gasteiger partial charge in [0.1, 0.15) is 5.82 Å². The van der Waals surface area contributed by atoms with Gasteiger partial charge in [0, 0.05) is 31.7 Å². The van der Waals surface area contributed by atoms with Gasteiger partial charge in [-0.1, -0.05) is 0 Å². The van der Waals surface area contributed by atoms with Crippen LogP contribution in [0.5, 0.6) is 0 Å². The molecule has 2 fully saturated rings. The van der Waals surface area contributed by atoms with Gasteiger partial charge in [-0.25, -0.2) is 4.39 Å². The summed E-state index contributed by atoms with van der Waals surface area (Å²) in [6.45, 7) is 1.11. The number of piperidine rings is 1. The van der Waals surface area contributed by atoms with Gasteiger partial charge in [0.2, 0.25) is 11.8 Å². The SMILES string of the molecule is O=C(O)C1CCN(C(=O)C2CC(=O)N(c3ccc(F)cc3)C2)CC1. The van der Waals surface area contributed by atoms with Gasteiger partial charge < -0.3 is 14.9 Å². The lowest BCUT2D eigenvalue weighted by Crippen LogP contribution is -2.43. The van der Waals surface area contributed by atoms with E-state index in [4.69, 9.17) is 5.11 Å². The number of halogens is 1. The normalized spacial score (nSPS) is 22.0. The summed E-state index contributed by atoms with van der Waals surface area (Å²) in [5.74, 6) is -2.27. The quantitative estimate of drug-likeness (QED) is 0.909. The first kappa shape index (κ1) is 16.4. The van der Waals surface area contributed by atoms with Crippen LogP contribution in [0, 0.1) is 17.7 Å². The van der Waals surface area contributed by atoms with E-state index >= 15 is 0 Å². The van der Waals surface area contributed by atoms with Crippen LogP contribution in [0.25, 0.3) is 0 Å². The Morgan fingerprint density at radius 1 is 1.08 bits per heavy atom. The molecule has 2 amide bonds. The molecule has 0 aliphatic carbocycles. The topological polar surface area (TPSA) is 77.9 Å². The Hall–Kier alpha value is -2.44. The van der Waals surface area contributed by atoms with Crippen LogP contribution in [-0.4, -0.2) is 47.4 Å². The third-order valence-corrected chi connectivity index (χ3v) is 4.77. The fraction of sp³-hybridized carbons (Fsp3) is 0.471. The monoisotopic (exact) mass is 334 g/mol. The summed E-state index contributed by atoms with van der Waals surface area (Å²) in [5, 5.41) is 9.01. The van der Waals surface area contributed by atoms with Crippen LogP contribution in [0.3, 0.4) is 0 Å². The van der Waals surface area contributed by atoms with Crippen LogP contribution in [0.15, 0.2) is 24.3 Å². The molecule has 6 nitrogen and oxygen atoms in total. The van der Waals surface area contributed by atoms with Gasteiger partial charge in [0.15, 0.2) is 0 Å². The van der Waals surface area contributed by atoms with Gasteiger partial charge >= 0.3 is 5.97 Å². The first-order valence-electron chi connectivity index (χ1n) is 8.03. The summed E-state index contributed by atoms with van der Waals surface area (Å²) in [6, 6.07) is 5.62. The Bertz CT molecular complexity index is 653. The highest BCUT2D eigenvalue weighted by atomic mass is 19.1. The predicted octanol–water partition coefficient (Wildman–Crippen LogP) is 1.50. The van der Waals surface area contributed by atoms with E-state index in [0.717, 1.165) is 0 Å². The first-order chi connectivity index (χ1) is 11.5. The molecule has 1 aromatic carbocycles. The first-order valence-corrected chi connectivity index (χ1v) is 8.03. The molecule has 128 valence electrons. The highest BCUT2D eigenvalue weighted by Gasteiger charge is 2.38. The maximum atomic E-state index is 13.0. The molecule has 1 atom stereocenters. The second-order valence-corrected chi connectivity index (χ2v) is 6.32. The van der Waals surface area contributed by atoms with E-state index in [1.165, 1.54) is 29.2 Å². The van der Waals surface area contributed by atoms with E-state index in [1.54, 1.807) is 4.90 Å². The zero-order valence-electron chi connectivity index (χ0n) is 13.2. The van der Waals surface area contributed by atoms with Crippen molar-refractivity contribution in [1.29, 1.82) is 0 Å². The molecule has 24 heavy (non-hydrogen) atoms. The Morgan fingerprint density at radius 2 is 1.71 bits per heavy atom. The predicted molar refractivity (Wildman–Crippen MR) is 83.8 cm³/mol. The maximum absolute atomic E-state index is 13.0. The number of rotatable bonds is 3. The molecule has 1 aromatic rings. The largest absolute Gasteiger partial charge is 0.481 e. The molecule has 1 N–H and O–H groups in total. The summed E-state index contributed by atoms with van der Waals surface area (Å²) < 4.78 is 13.0.